The monoisotopic (exact) mass is 376 g/mol. The van der Waals surface area contributed by atoms with Gasteiger partial charge in [0, 0.05) is 45.2 Å². The number of amides is 4. The minimum absolute atomic E-state index is 0.0318. The molecule has 27 heavy (non-hydrogen) atoms. The molecule has 0 aliphatic carbocycles. The Balaban J connectivity index is 1.58. The highest BCUT2D eigenvalue weighted by Gasteiger charge is 2.28. The molecule has 0 saturated carbocycles. The van der Waals surface area contributed by atoms with Crippen LogP contribution < -0.4 is 10.6 Å². The number of halogens is 1. The van der Waals surface area contributed by atoms with Gasteiger partial charge >= 0.3 is 6.03 Å². The minimum Gasteiger partial charge on any atom is -0.342 e. The van der Waals surface area contributed by atoms with Gasteiger partial charge in [-0.15, -0.1) is 0 Å². The van der Waals surface area contributed by atoms with Gasteiger partial charge in [-0.2, -0.15) is 0 Å². The van der Waals surface area contributed by atoms with E-state index in [0.717, 1.165) is 25.8 Å². The fourth-order valence-corrected chi connectivity index (χ4v) is 3.70. The fraction of sp³-hybridized carbons (Fsp3) is 0.526. The molecule has 1 unspecified atom stereocenters. The molecule has 4 amide bonds. The van der Waals surface area contributed by atoms with Gasteiger partial charge < -0.3 is 20.4 Å². The molecule has 2 fully saturated rings. The molecular weight excluding hydrogens is 351 g/mol. The van der Waals surface area contributed by atoms with Crippen molar-refractivity contribution in [2.75, 3.05) is 36.8 Å². The second-order valence-electron chi connectivity index (χ2n) is 7.20. The highest BCUT2D eigenvalue weighted by Crippen LogP contribution is 2.23. The summed E-state index contributed by atoms with van der Waals surface area (Å²) in [5.41, 5.74) is 0.450. The second kappa shape index (κ2) is 8.37. The molecule has 3 rings (SSSR count). The Morgan fingerprint density at radius 3 is 2.74 bits per heavy atom. The fourth-order valence-electron chi connectivity index (χ4n) is 3.70. The van der Waals surface area contributed by atoms with Gasteiger partial charge in [-0.3, -0.25) is 9.59 Å². The number of carbonyl (C=O) groups is 3. The van der Waals surface area contributed by atoms with Crippen molar-refractivity contribution in [3.63, 3.8) is 0 Å². The lowest BCUT2D eigenvalue weighted by atomic mass is 9.97. The van der Waals surface area contributed by atoms with E-state index in [1.165, 1.54) is 25.1 Å². The van der Waals surface area contributed by atoms with E-state index in [1.807, 2.05) is 4.90 Å². The third-order valence-corrected chi connectivity index (χ3v) is 4.98. The van der Waals surface area contributed by atoms with Crippen molar-refractivity contribution >= 4 is 29.2 Å². The van der Waals surface area contributed by atoms with Crippen LogP contribution in [0.5, 0.6) is 0 Å². The Hall–Kier alpha value is -2.64. The van der Waals surface area contributed by atoms with Crippen molar-refractivity contribution in [1.82, 2.24) is 9.80 Å². The van der Waals surface area contributed by atoms with Gasteiger partial charge in [0.15, 0.2) is 0 Å². The van der Waals surface area contributed by atoms with Crippen molar-refractivity contribution < 1.29 is 18.8 Å². The maximum atomic E-state index is 13.7. The Morgan fingerprint density at radius 1 is 1.22 bits per heavy atom. The first-order chi connectivity index (χ1) is 12.9. The number of anilines is 2. The van der Waals surface area contributed by atoms with Gasteiger partial charge in [0.25, 0.3) is 0 Å². The van der Waals surface area contributed by atoms with Crippen LogP contribution in [0.1, 0.15) is 32.6 Å². The summed E-state index contributed by atoms with van der Waals surface area (Å²) in [6.07, 6.45) is 3.42. The van der Waals surface area contributed by atoms with Gasteiger partial charge in [0.2, 0.25) is 11.8 Å². The minimum atomic E-state index is -0.559. The zero-order chi connectivity index (χ0) is 19.4. The molecule has 2 aliphatic rings. The van der Waals surface area contributed by atoms with Crippen molar-refractivity contribution in [3.05, 3.63) is 24.0 Å². The number of carbonyl (C=O) groups excluding carboxylic acids is 3. The summed E-state index contributed by atoms with van der Waals surface area (Å²) in [6, 6.07) is 3.81. The molecule has 0 bridgehead atoms. The van der Waals surface area contributed by atoms with Crippen molar-refractivity contribution in [3.8, 4) is 0 Å². The van der Waals surface area contributed by atoms with E-state index in [4.69, 9.17) is 0 Å². The van der Waals surface area contributed by atoms with Crippen LogP contribution in [0, 0.1) is 11.7 Å². The van der Waals surface area contributed by atoms with E-state index in [2.05, 4.69) is 10.6 Å². The van der Waals surface area contributed by atoms with E-state index < -0.39 is 5.82 Å². The summed E-state index contributed by atoms with van der Waals surface area (Å²) in [5.74, 6) is -0.465. The molecule has 146 valence electrons. The van der Waals surface area contributed by atoms with Gasteiger partial charge in [-0.1, -0.05) is 0 Å². The molecule has 7 nitrogen and oxygen atoms in total. The van der Waals surface area contributed by atoms with Crippen LogP contribution in [0.15, 0.2) is 18.2 Å². The Labute approximate surface area is 157 Å². The quantitative estimate of drug-likeness (QED) is 0.848. The SMILES string of the molecule is CC(=O)Nc1cc(NC(=O)N2CCCC(CN3CCCC3=O)C2)ccc1F. The Morgan fingerprint density at radius 2 is 2.04 bits per heavy atom. The summed E-state index contributed by atoms with van der Waals surface area (Å²) in [7, 11) is 0. The van der Waals surface area contributed by atoms with E-state index in [-0.39, 0.29) is 29.5 Å². The number of likely N-dealkylation sites (tertiary alicyclic amines) is 2. The molecule has 0 radical (unpaired) electrons. The first-order valence-electron chi connectivity index (χ1n) is 9.33. The number of hydrogen-bond acceptors (Lipinski definition) is 3. The van der Waals surface area contributed by atoms with Gasteiger partial charge in [-0.05, 0) is 43.4 Å². The lowest BCUT2D eigenvalue weighted by molar-refractivity contribution is -0.128. The molecule has 2 N–H and O–H groups in total. The van der Waals surface area contributed by atoms with Crippen molar-refractivity contribution in [2.24, 2.45) is 5.92 Å². The number of hydrogen-bond donors (Lipinski definition) is 2. The van der Waals surface area contributed by atoms with E-state index in [0.29, 0.717) is 31.7 Å². The van der Waals surface area contributed by atoms with Crippen molar-refractivity contribution in [1.29, 1.82) is 0 Å². The summed E-state index contributed by atoms with van der Waals surface area (Å²) in [6.45, 7) is 4.05. The molecule has 0 spiro atoms. The first kappa shape index (κ1) is 19.1. The standard InChI is InChI=1S/C19H25FN4O3/c1-13(25)21-17-10-15(6-7-16(17)20)22-19(27)24-9-2-4-14(12-24)11-23-8-3-5-18(23)26/h6-7,10,14H,2-5,8-9,11-12H2,1H3,(H,21,25)(H,22,27). The maximum absolute atomic E-state index is 13.7. The average molecular weight is 376 g/mol. The molecule has 0 aromatic heterocycles. The van der Waals surface area contributed by atoms with E-state index in [9.17, 15) is 18.8 Å². The second-order valence-corrected chi connectivity index (χ2v) is 7.20. The largest absolute Gasteiger partial charge is 0.342 e. The van der Waals surface area contributed by atoms with Crippen molar-refractivity contribution in [2.45, 2.75) is 32.6 Å². The maximum Gasteiger partial charge on any atom is 0.321 e. The number of nitrogens with one attached hydrogen (secondary N) is 2. The van der Waals surface area contributed by atoms with Crippen LogP contribution in [-0.2, 0) is 9.59 Å². The lowest BCUT2D eigenvalue weighted by Crippen LogP contribution is -2.45. The molecule has 1 aromatic carbocycles. The van der Waals surface area contributed by atoms with Crippen LogP contribution >= 0.6 is 0 Å². The zero-order valence-corrected chi connectivity index (χ0v) is 15.5. The van der Waals surface area contributed by atoms with Crippen LogP contribution in [0.4, 0.5) is 20.6 Å². The average Bonchev–Trinajstić information content (AvgIpc) is 3.02. The summed E-state index contributed by atoms with van der Waals surface area (Å²) in [4.78, 5) is 39.2. The molecule has 8 heteroatoms. The number of urea groups is 1. The normalized spacial score (nSPS) is 19.9. The van der Waals surface area contributed by atoms with Gasteiger partial charge in [0.05, 0.1) is 5.69 Å². The van der Waals surface area contributed by atoms with Crippen LogP contribution in [0.2, 0.25) is 0 Å². The summed E-state index contributed by atoms with van der Waals surface area (Å²) in [5, 5.41) is 5.17. The van der Waals surface area contributed by atoms with Gasteiger partial charge in [-0.25, -0.2) is 9.18 Å². The molecule has 2 aliphatic heterocycles. The molecule has 1 atom stereocenters. The number of rotatable bonds is 4. The van der Waals surface area contributed by atoms with Crippen LogP contribution in [-0.4, -0.2) is 53.8 Å². The Bertz CT molecular complexity index is 740. The highest BCUT2D eigenvalue weighted by atomic mass is 19.1. The molecule has 2 heterocycles. The number of benzene rings is 1. The summed E-state index contributed by atoms with van der Waals surface area (Å²) < 4.78 is 13.7. The summed E-state index contributed by atoms with van der Waals surface area (Å²) >= 11 is 0. The number of nitrogens with zero attached hydrogens (tertiary/aromatic N) is 2. The first-order valence-corrected chi connectivity index (χ1v) is 9.33. The van der Waals surface area contributed by atoms with E-state index in [1.54, 1.807) is 4.90 Å². The Kier molecular flexibility index (Phi) is 5.93. The topological polar surface area (TPSA) is 81.8 Å². The van der Waals surface area contributed by atoms with Crippen LogP contribution in [0.3, 0.4) is 0 Å². The predicted molar refractivity (Wildman–Crippen MR) is 99.8 cm³/mol. The van der Waals surface area contributed by atoms with E-state index >= 15 is 0 Å². The molecule has 1 aromatic rings. The predicted octanol–water partition coefficient (Wildman–Crippen LogP) is 2.65. The zero-order valence-electron chi connectivity index (χ0n) is 15.5. The third-order valence-electron chi connectivity index (χ3n) is 4.98. The number of piperidine rings is 1. The lowest BCUT2D eigenvalue weighted by Gasteiger charge is -2.34. The smallest absolute Gasteiger partial charge is 0.321 e. The van der Waals surface area contributed by atoms with Crippen LogP contribution in [0.25, 0.3) is 0 Å². The van der Waals surface area contributed by atoms with Gasteiger partial charge in [0.1, 0.15) is 5.82 Å². The highest BCUT2D eigenvalue weighted by molar-refractivity contribution is 5.92. The third kappa shape index (κ3) is 4.96. The molecular formula is C19H25FN4O3. The molecule has 2 saturated heterocycles.